The van der Waals surface area contributed by atoms with Gasteiger partial charge in [0.2, 0.25) is 5.95 Å². The van der Waals surface area contributed by atoms with Crippen molar-refractivity contribution in [1.29, 1.82) is 0 Å². The van der Waals surface area contributed by atoms with E-state index in [1.54, 1.807) is 12.4 Å². The molecule has 0 unspecified atom stereocenters. The minimum Gasteiger partial charge on any atom is -0.481 e. The van der Waals surface area contributed by atoms with Crippen molar-refractivity contribution in [2.75, 3.05) is 5.32 Å². The first-order chi connectivity index (χ1) is 7.69. The molecule has 0 radical (unpaired) electrons. The van der Waals surface area contributed by atoms with Crippen LogP contribution >= 0.6 is 0 Å². The summed E-state index contributed by atoms with van der Waals surface area (Å²) in [5.41, 5.74) is 1.10. The summed E-state index contributed by atoms with van der Waals surface area (Å²) in [6.07, 6.45) is 5.83. The van der Waals surface area contributed by atoms with Gasteiger partial charge < -0.3 is 10.4 Å². The van der Waals surface area contributed by atoms with Gasteiger partial charge >= 0.3 is 5.97 Å². The van der Waals surface area contributed by atoms with Crippen molar-refractivity contribution in [3.05, 3.63) is 18.0 Å². The molecule has 0 aliphatic heterocycles. The molecule has 2 rings (SSSR count). The normalized spacial score (nSPS) is 23.6. The molecule has 0 saturated heterocycles. The predicted molar refractivity (Wildman–Crippen MR) is 59.2 cm³/mol. The fourth-order valence-corrected chi connectivity index (χ4v) is 1.73. The molecule has 0 bridgehead atoms. The summed E-state index contributed by atoms with van der Waals surface area (Å²) in [6.45, 7) is 2.05. The van der Waals surface area contributed by atoms with Gasteiger partial charge in [-0.05, 0) is 24.8 Å². The van der Waals surface area contributed by atoms with E-state index in [-0.39, 0.29) is 12.0 Å². The number of carbonyl (C=O) groups is 1. The van der Waals surface area contributed by atoms with Gasteiger partial charge in [0.05, 0.1) is 5.92 Å². The SMILES string of the molecule is CCc1cnc(NC2CC(C(=O)O)C2)nc1. The summed E-state index contributed by atoms with van der Waals surface area (Å²) < 4.78 is 0. The number of carboxylic acids is 1. The molecule has 0 atom stereocenters. The Morgan fingerprint density at radius 1 is 1.50 bits per heavy atom. The Bertz CT molecular complexity index is 371. The summed E-state index contributed by atoms with van der Waals surface area (Å²) in [5, 5.41) is 11.9. The van der Waals surface area contributed by atoms with E-state index in [2.05, 4.69) is 22.2 Å². The van der Waals surface area contributed by atoms with Gasteiger partial charge in [0, 0.05) is 18.4 Å². The van der Waals surface area contributed by atoms with Gasteiger partial charge in [-0.25, -0.2) is 9.97 Å². The standard InChI is InChI=1S/C11H15N3O2/c1-2-7-5-12-11(13-6-7)14-9-3-8(4-9)10(15)16/h5-6,8-9H,2-4H2,1H3,(H,15,16)(H,12,13,14). The van der Waals surface area contributed by atoms with Gasteiger partial charge in [-0.1, -0.05) is 6.92 Å². The van der Waals surface area contributed by atoms with Crippen molar-refractivity contribution in [1.82, 2.24) is 9.97 Å². The summed E-state index contributed by atoms with van der Waals surface area (Å²) in [4.78, 5) is 18.9. The minimum absolute atomic E-state index is 0.201. The lowest BCUT2D eigenvalue weighted by Gasteiger charge is -2.32. The third kappa shape index (κ3) is 2.29. The van der Waals surface area contributed by atoms with Crippen LogP contribution in [-0.2, 0) is 11.2 Å². The molecular formula is C11H15N3O2. The first kappa shape index (κ1) is 10.9. The van der Waals surface area contributed by atoms with E-state index >= 15 is 0 Å². The number of nitrogens with zero attached hydrogens (tertiary/aromatic N) is 2. The molecule has 5 heteroatoms. The first-order valence-corrected chi connectivity index (χ1v) is 5.49. The van der Waals surface area contributed by atoms with E-state index in [1.165, 1.54) is 0 Å². The van der Waals surface area contributed by atoms with Gasteiger partial charge in [0.15, 0.2) is 0 Å². The molecule has 86 valence electrons. The van der Waals surface area contributed by atoms with Crippen LogP contribution in [0.5, 0.6) is 0 Å². The molecule has 1 aromatic heterocycles. The number of nitrogens with one attached hydrogen (secondary N) is 1. The highest BCUT2D eigenvalue weighted by atomic mass is 16.4. The van der Waals surface area contributed by atoms with Crippen LogP contribution in [0.2, 0.25) is 0 Å². The van der Waals surface area contributed by atoms with E-state index in [9.17, 15) is 4.79 Å². The topological polar surface area (TPSA) is 75.1 Å². The fourth-order valence-electron chi connectivity index (χ4n) is 1.73. The average molecular weight is 221 g/mol. The van der Waals surface area contributed by atoms with Gasteiger partial charge in [-0.2, -0.15) is 0 Å². The van der Waals surface area contributed by atoms with Crippen LogP contribution in [0.1, 0.15) is 25.3 Å². The number of aromatic nitrogens is 2. The Balaban J connectivity index is 1.84. The third-order valence-corrected chi connectivity index (χ3v) is 2.93. The summed E-state index contributed by atoms with van der Waals surface area (Å²) >= 11 is 0. The third-order valence-electron chi connectivity index (χ3n) is 2.93. The Morgan fingerprint density at radius 3 is 2.62 bits per heavy atom. The second kappa shape index (κ2) is 4.47. The molecule has 1 heterocycles. The Kier molecular flexibility index (Phi) is 3.03. The quantitative estimate of drug-likeness (QED) is 0.801. The van der Waals surface area contributed by atoms with Crippen LogP contribution in [0.25, 0.3) is 0 Å². The zero-order valence-electron chi connectivity index (χ0n) is 9.18. The second-order valence-electron chi connectivity index (χ2n) is 4.12. The van der Waals surface area contributed by atoms with Gasteiger partial charge in [-0.3, -0.25) is 4.79 Å². The number of aryl methyl sites for hydroxylation is 1. The molecule has 5 nitrogen and oxygen atoms in total. The predicted octanol–water partition coefficient (Wildman–Crippen LogP) is 1.31. The molecule has 1 saturated carbocycles. The van der Waals surface area contributed by atoms with Crippen LogP contribution in [0, 0.1) is 5.92 Å². The molecule has 0 spiro atoms. The maximum atomic E-state index is 10.6. The number of aliphatic carboxylic acids is 1. The van der Waals surface area contributed by atoms with Crippen molar-refractivity contribution < 1.29 is 9.90 Å². The first-order valence-electron chi connectivity index (χ1n) is 5.49. The number of rotatable bonds is 4. The van der Waals surface area contributed by atoms with E-state index in [4.69, 9.17) is 5.11 Å². The Hall–Kier alpha value is -1.65. The number of hydrogen-bond donors (Lipinski definition) is 2. The highest BCUT2D eigenvalue weighted by Gasteiger charge is 2.34. The lowest BCUT2D eigenvalue weighted by atomic mass is 9.80. The van der Waals surface area contributed by atoms with Crippen molar-refractivity contribution >= 4 is 11.9 Å². The summed E-state index contributed by atoms with van der Waals surface area (Å²) in [7, 11) is 0. The Morgan fingerprint density at radius 2 is 2.12 bits per heavy atom. The molecule has 1 aromatic rings. The zero-order chi connectivity index (χ0) is 11.5. The number of anilines is 1. The van der Waals surface area contributed by atoms with Crippen molar-refractivity contribution in [3.8, 4) is 0 Å². The van der Waals surface area contributed by atoms with Gasteiger partial charge in [0.25, 0.3) is 0 Å². The van der Waals surface area contributed by atoms with Crippen molar-refractivity contribution in [3.63, 3.8) is 0 Å². The molecule has 0 amide bonds. The largest absolute Gasteiger partial charge is 0.481 e. The van der Waals surface area contributed by atoms with Gasteiger partial charge in [0.1, 0.15) is 0 Å². The number of carboxylic acid groups (broad SMARTS) is 1. The van der Waals surface area contributed by atoms with Crippen LogP contribution in [0.15, 0.2) is 12.4 Å². The van der Waals surface area contributed by atoms with E-state index in [1.807, 2.05) is 0 Å². The zero-order valence-corrected chi connectivity index (χ0v) is 9.18. The molecule has 16 heavy (non-hydrogen) atoms. The van der Waals surface area contributed by atoms with E-state index in [0.29, 0.717) is 18.8 Å². The smallest absolute Gasteiger partial charge is 0.306 e. The van der Waals surface area contributed by atoms with E-state index < -0.39 is 5.97 Å². The molecule has 2 N–H and O–H groups in total. The van der Waals surface area contributed by atoms with Crippen LogP contribution in [0.3, 0.4) is 0 Å². The van der Waals surface area contributed by atoms with E-state index in [0.717, 1.165) is 12.0 Å². The Labute approximate surface area is 93.9 Å². The lowest BCUT2D eigenvalue weighted by molar-refractivity contribution is -0.144. The lowest BCUT2D eigenvalue weighted by Crippen LogP contribution is -2.39. The maximum Gasteiger partial charge on any atom is 0.306 e. The second-order valence-corrected chi connectivity index (χ2v) is 4.12. The van der Waals surface area contributed by atoms with Crippen molar-refractivity contribution in [2.45, 2.75) is 32.2 Å². The summed E-state index contributed by atoms with van der Waals surface area (Å²) in [5.74, 6) is -0.321. The van der Waals surface area contributed by atoms with Gasteiger partial charge in [-0.15, -0.1) is 0 Å². The average Bonchev–Trinajstić information content (AvgIpc) is 2.23. The van der Waals surface area contributed by atoms with Crippen LogP contribution < -0.4 is 5.32 Å². The molecular weight excluding hydrogens is 206 g/mol. The highest BCUT2D eigenvalue weighted by Crippen LogP contribution is 2.29. The van der Waals surface area contributed by atoms with Crippen LogP contribution in [-0.4, -0.2) is 27.1 Å². The molecule has 1 fully saturated rings. The fraction of sp³-hybridized carbons (Fsp3) is 0.545. The summed E-state index contributed by atoms with van der Waals surface area (Å²) in [6, 6.07) is 0.202. The maximum absolute atomic E-state index is 10.6. The highest BCUT2D eigenvalue weighted by molar-refractivity contribution is 5.71. The number of hydrogen-bond acceptors (Lipinski definition) is 4. The minimum atomic E-state index is -0.708. The monoisotopic (exact) mass is 221 g/mol. The molecule has 1 aliphatic carbocycles. The molecule has 1 aliphatic rings. The van der Waals surface area contributed by atoms with Crippen molar-refractivity contribution in [2.24, 2.45) is 5.92 Å². The molecule has 0 aromatic carbocycles. The van der Waals surface area contributed by atoms with Crippen LogP contribution in [0.4, 0.5) is 5.95 Å².